The molecule has 0 spiro atoms. The summed E-state index contributed by atoms with van der Waals surface area (Å²) in [6.45, 7) is 4.55. The molecule has 1 aromatic carbocycles. The third-order valence-electron chi connectivity index (χ3n) is 3.15. The van der Waals surface area contributed by atoms with Crippen molar-refractivity contribution in [2.24, 2.45) is 0 Å². The van der Waals surface area contributed by atoms with Crippen molar-refractivity contribution in [2.45, 2.75) is 20.4 Å². The number of benzene rings is 1. The van der Waals surface area contributed by atoms with E-state index in [4.69, 9.17) is 5.11 Å². The van der Waals surface area contributed by atoms with Crippen LogP contribution in [0.2, 0.25) is 0 Å². The molecule has 0 aliphatic rings. The van der Waals surface area contributed by atoms with E-state index in [1.54, 1.807) is 29.5 Å². The molecule has 0 aliphatic carbocycles. The van der Waals surface area contributed by atoms with Gasteiger partial charge >= 0.3 is 5.97 Å². The highest BCUT2D eigenvalue weighted by molar-refractivity contribution is 7.09. The Kier molecular flexibility index (Phi) is 3.02. The van der Waals surface area contributed by atoms with Crippen molar-refractivity contribution >= 4 is 28.3 Å². The highest BCUT2D eigenvalue weighted by atomic mass is 32.1. The minimum Gasteiger partial charge on any atom is -0.478 e. The summed E-state index contributed by atoms with van der Waals surface area (Å²) in [7, 11) is 0. The normalized spacial score (nSPS) is 11.1. The molecule has 0 radical (unpaired) electrons. The molecule has 0 fully saturated rings. The standard InChI is InChI=1S/C14H13N3O2S/c1-8-7-20-13(15-8)6-17-9(2)16-11-5-10(14(18)19)3-4-12(11)17/h3-5,7H,6H2,1-2H3,(H,18,19). The highest BCUT2D eigenvalue weighted by Crippen LogP contribution is 2.20. The van der Waals surface area contributed by atoms with Gasteiger partial charge in [0.15, 0.2) is 0 Å². The Morgan fingerprint density at radius 3 is 2.80 bits per heavy atom. The third-order valence-corrected chi connectivity index (χ3v) is 4.10. The molecule has 102 valence electrons. The van der Waals surface area contributed by atoms with Gasteiger partial charge in [-0.25, -0.2) is 14.8 Å². The quantitative estimate of drug-likeness (QED) is 0.804. The first-order valence-corrected chi connectivity index (χ1v) is 7.04. The molecule has 0 atom stereocenters. The lowest BCUT2D eigenvalue weighted by molar-refractivity contribution is 0.0697. The molecular weight excluding hydrogens is 274 g/mol. The topological polar surface area (TPSA) is 68.0 Å². The summed E-state index contributed by atoms with van der Waals surface area (Å²) < 4.78 is 2.05. The molecule has 2 aromatic heterocycles. The van der Waals surface area contributed by atoms with Gasteiger partial charge in [-0.15, -0.1) is 11.3 Å². The molecule has 2 heterocycles. The lowest BCUT2D eigenvalue weighted by atomic mass is 10.2. The lowest BCUT2D eigenvalue weighted by Gasteiger charge is -2.04. The SMILES string of the molecule is Cc1csc(Cn2c(C)nc3cc(C(=O)O)ccc32)n1. The van der Waals surface area contributed by atoms with Gasteiger partial charge in [-0.1, -0.05) is 0 Å². The number of thiazole rings is 1. The van der Waals surface area contributed by atoms with Crippen LogP contribution in [0, 0.1) is 13.8 Å². The largest absolute Gasteiger partial charge is 0.478 e. The summed E-state index contributed by atoms with van der Waals surface area (Å²) in [5, 5.41) is 12.1. The first kappa shape index (κ1) is 12.8. The van der Waals surface area contributed by atoms with Gasteiger partial charge < -0.3 is 9.67 Å². The van der Waals surface area contributed by atoms with Gasteiger partial charge in [0, 0.05) is 11.1 Å². The van der Waals surface area contributed by atoms with Gasteiger partial charge in [0.25, 0.3) is 0 Å². The third kappa shape index (κ3) is 2.18. The molecule has 3 aromatic rings. The van der Waals surface area contributed by atoms with Gasteiger partial charge in [-0.2, -0.15) is 0 Å². The van der Waals surface area contributed by atoms with E-state index in [1.165, 1.54) is 0 Å². The fourth-order valence-corrected chi connectivity index (χ4v) is 2.95. The van der Waals surface area contributed by atoms with E-state index >= 15 is 0 Å². The van der Waals surface area contributed by atoms with Crippen LogP contribution in [0.25, 0.3) is 11.0 Å². The molecule has 0 aliphatic heterocycles. The van der Waals surface area contributed by atoms with Crippen LogP contribution in [0.3, 0.4) is 0 Å². The van der Waals surface area contributed by atoms with Crippen LogP contribution in [-0.2, 0) is 6.54 Å². The van der Waals surface area contributed by atoms with Crippen molar-refractivity contribution in [1.29, 1.82) is 0 Å². The smallest absolute Gasteiger partial charge is 0.335 e. The number of carboxylic acids is 1. The van der Waals surface area contributed by atoms with Crippen LogP contribution in [0.1, 0.15) is 26.9 Å². The van der Waals surface area contributed by atoms with Crippen LogP contribution in [0.5, 0.6) is 0 Å². The molecule has 1 N–H and O–H groups in total. The molecule has 6 heteroatoms. The Balaban J connectivity index is 2.06. The minimum atomic E-state index is -0.936. The predicted octanol–water partition coefficient (Wildman–Crippen LogP) is 2.86. The monoisotopic (exact) mass is 287 g/mol. The number of aryl methyl sites for hydroxylation is 2. The van der Waals surface area contributed by atoms with E-state index in [2.05, 4.69) is 14.5 Å². The molecular formula is C14H13N3O2S. The average Bonchev–Trinajstić information content (AvgIpc) is 2.94. The second kappa shape index (κ2) is 4.72. The maximum atomic E-state index is 11.0. The number of rotatable bonds is 3. The molecule has 0 saturated carbocycles. The van der Waals surface area contributed by atoms with Crippen molar-refractivity contribution in [1.82, 2.24) is 14.5 Å². The molecule has 0 unspecified atom stereocenters. The summed E-state index contributed by atoms with van der Waals surface area (Å²) in [5.41, 5.74) is 2.91. The van der Waals surface area contributed by atoms with Crippen LogP contribution < -0.4 is 0 Å². The number of aromatic carboxylic acids is 1. The van der Waals surface area contributed by atoms with E-state index in [0.717, 1.165) is 22.0 Å². The van der Waals surface area contributed by atoms with Crippen molar-refractivity contribution in [3.8, 4) is 0 Å². The van der Waals surface area contributed by atoms with Crippen molar-refractivity contribution in [2.75, 3.05) is 0 Å². The Labute approximate surface area is 119 Å². The van der Waals surface area contributed by atoms with E-state index in [0.29, 0.717) is 12.1 Å². The van der Waals surface area contributed by atoms with E-state index in [-0.39, 0.29) is 5.56 Å². The highest BCUT2D eigenvalue weighted by Gasteiger charge is 2.12. The lowest BCUT2D eigenvalue weighted by Crippen LogP contribution is -2.02. The van der Waals surface area contributed by atoms with E-state index in [9.17, 15) is 4.79 Å². The fraction of sp³-hybridized carbons (Fsp3) is 0.214. The summed E-state index contributed by atoms with van der Waals surface area (Å²) in [6.07, 6.45) is 0. The van der Waals surface area contributed by atoms with Gasteiger partial charge in [-0.3, -0.25) is 0 Å². The zero-order valence-corrected chi connectivity index (χ0v) is 11.9. The Bertz CT molecular complexity index is 804. The summed E-state index contributed by atoms with van der Waals surface area (Å²) >= 11 is 1.62. The summed E-state index contributed by atoms with van der Waals surface area (Å²) in [4.78, 5) is 19.9. The number of carbonyl (C=O) groups is 1. The number of nitrogens with zero attached hydrogens (tertiary/aromatic N) is 3. The zero-order valence-electron chi connectivity index (χ0n) is 11.1. The predicted molar refractivity (Wildman–Crippen MR) is 77.4 cm³/mol. The second-order valence-electron chi connectivity index (χ2n) is 4.64. The first-order valence-electron chi connectivity index (χ1n) is 6.16. The molecule has 0 saturated heterocycles. The first-order chi connectivity index (χ1) is 9.54. The minimum absolute atomic E-state index is 0.257. The van der Waals surface area contributed by atoms with E-state index in [1.807, 2.05) is 19.2 Å². The van der Waals surface area contributed by atoms with Crippen LogP contribution in [-0.4, -0.2) is 25.6 Å². The number of hydrogen-bond acceptors (Lipinski definition) is 4. The number of aromatic nitrogens is 3. The molecule has 0 amide bonds. The van der Waals surface area contributed by atoms with E-state index < -0.39 is 5.97 Å². The van der Waals surface area contributed by atoms with Crippen molar-refractivity contribution in [3.05, 3.63) is 45.7 Å². The van der Waals surface area contributed by atoms with Crippen LogP contribution >= 0.6 is 11.3 Å². The van der Waals surface area contributed by atoms with Gasteiger partial charge in [-0.05, 0) is 32.0 Å². The maximum Gasteiger partial charge on any atom is 0.335 e. The maximum absolute atomic E-state index is 11.0. The number of fused-ring (bicyclic) bond motifs is 1. The molecule has 20 heavy (non-hydrogen) atoms. The average molecular weight is 287 g/mol. The molecule has 5 nitrogen and oxygen atoms in total. The molecule has 0 bridgehead atoms. The summed E-state index contributed by atoms with van der Waals surface area (Å²) in [6, 6.07) is 5.02. The Morgan fingerprint density at radius 1 is 1.35 bits per heavy atom. The fourth-order valence-electron chi connectivity index (χ4n) is 2.19. The van der Waals surface area contributed by atoms with Gasteiger partial charge in [0.05, 0.1) is 23.1 Å². The van der Waals surface area contributed by atoms with Crippen LogP contribution in [0.4, 0.5) is 0 Å². The summed E-state index contributed by atoms with van der Waals surface area (Å²) in [5.74, 6) is -0.0787. The van der Waals surface area contributed by atoms with Gasteiger partial charge in [0.1, 0.15) is 10.8 Å². The number of hydrogen-bond donors (Lipinski definition) is 1. The second-order valence-corrected chi connectivity index (χ2v) is 5.58. The Morgan fingerprint density at radius 2 is 2.15 bits per heavy atom. The van der Waals surface area contributed by atoms with Crippen molar-refractivity contribution in [3.63, 3.8) is 0 Å². The Hall–Kier alpha value is -2.21. The molecule has 3 rings (SSSR count). The number of carboxylic acid groups (broad SMARTS) is 1. The van der Waals surface area contributed by atoms with Gasteiger partial charge in [0.2, 0.25) is 0 Å². The zero-order chi connectivity index (χ0) is 14.3. The number of imidazole rings is 1. The van der Waals surface area contributed by atoms with Crippen molar-refractivity contribution < 1.29 is 9.90 Å². The van der Waals surface area contributed by atoms with Crippen LogP contribution in [0.15, 0.2) is 23.6 Å².